The van der Waals surface area contributed by atoms with Gasteiger partial charge in [0.05, 0.1) is 0 Å². The Balaban J connectivity index is 2.16. The van der Waals surface area contributed by atoms with E-state index in [0.717, 1.165) is 5.56 Å². The Morgan fingerprint density at radius 2 is 1.81 bits per heavy atom. The normalized spacial score (nSPS) is 12.3. The van der Waals surface area contributed by atoms with Crippen molar-refractivity contribution in [2.24, 2.45) is 0 Å². The number of rotatable bonds is 5. The fraction of sp³-hybridized carbons (Fsp3) is 0.167. The maximum atomic E-state index is 12.3. The quantitative estimate of drug-likeness (QED) is 0.724. The zero-order valence-corrected chi connectivity index (χ0v) is 12.8. The number of benzene rings is 2. The van der Waals surface area contributed by atoms with Gasteiger partial charge in [-0.05, 0) is 44.2 Å². The summed E-state index contributed by atoms with van der Waals surface area (Å²) in [6.07, 6.45) is 3.33. The van der Waals surface area contributed by atoms with Gasteiger partial charge in [-0.3, -0.25) is 4.79 Å². The van der Waals surface area contributed by atoms with Crippen LogP contribution >= 0.6 is 11.6 Å². The highest BCUT2D eigenvalue weighted by Gasteiger charge is 2.17. The summed E-state index contributed by atoms with van der Waals surface area (Å²) < 4.78 is 5.81. The van der Waals surface area contributed by atoms with E-state index >= 15 is 0 Å². The molecule has 0 amide bonds. The van der Waals surface area contributed by atoms with Crippen molar-refractivity contribution >= 4 is 23.5 Å². The summed E-state index contributed by atoms with van der Waals surface area (Å²) in [5.74, 6) is 0.632. The highest BCUT2D eigenvalue weighted by Crippen LogP contribution is 2.22. The second kappa shape index (κ2) is 7.09. The van der Waals surface area contributed by atoms with Gasteiger partial charge in [0.2, 0.25) is 5.78 Å². The van der Waals surface area contributed by atoms with Crippen molar-refractivity contribution < 1.29 is 9.53 Å². The number of ketones is 1. The van der Waals surface area contributed by atoms with Crippen LogP contribution in [-0.4, -0.2) is 11.9 Å². The van der Waals surface area contributed by atoms with Crippen molar-refractivity contribution in [3.63, 3.8) is 0 Å². The third kappa shape index (κ3) is 3.96. The Kier molecular flexibility index (Phi) is 5.18. The Hall–Kier alpha value is -2.06. The molecular formula is C18H17ClO2. The van der Waals surface area contributed by atoms with Gasteiger partial charge in [0.1, 0.15) is 5.75 Å². The molecule has 0 radical (unpaired) electrons. The maximum absolute atomic E-state index is 12.3. The summed E-state index contributed by atoms with van der Waals surface area (Å²) in [5, 5.41) is 0.610. The minimum atomic E-state index is -0.558. The van der Waals surface area contributed by atoms with Crippen molar-refractivity contribution in [3.05, 3.63) is 70.8 Å². The summed E-state index contributed by atoms with van der Waals surface area (Å²) in [6.45, 7) is 3.70. The largest absolute Gasteiger partial charge is 0.482 e. The van der Waals surface area contributed by atoms with E-state index in [9.17, 15) is 4.79 Å². The fourth-order valence-electron chi connectivity index (χ4n) is 2.00. The average molecular weight is 301 g/mol. The molecule has 108 valence electrons. The smallest absolute Gasteiger partial charge is 0.202 e. The lowest BCUT2D eigenvalue weighted by molar-refractivity contribution is 0.0818. The van der Waals surface area contributed by atoms with E-state index in [4.69, 9.17) is 16.3 Å². The van der Waals surface area contributed by atoms with E-state index in [1.165, 1.54) is 0 Å². The highest BCUT2D eigenvalue weighted by atomic mass is 35.5. The Bertz CT molecular complexity index is 645. The van der Waals surface area contributed by atoms with E-state index < -0.39 is 6.10 Å². The summed E-state index contributed by atoms with van der Waals surface area (Å²) in [4.78, 5) is 12.3. The van der Waals surface area contributed by atoms with Gasteiger partial charge in [-0.15, -0.1) is 0 Å². The molecular weight excluding hydrogens is 284 g/mol. The zero-order chi connectivity index (χ0) is 15.2. The number of carbonyl (C=O) groups is 1. The fourth-order valence-corrected chi connectivity index (χ4v) is 2.12. The SMILES string of the molecule is CC=Cc1ccccc1OC(C)C(=O)c1ccc(Cl)cc1. The van der Waals surface area contributed by atoms with Crippen LogP contribution in [0.4, 0.5) is 0 Å². The summed E-state index contributed by atoms with van der Waals surface area (Å²) in [6, 6.07) is 14.5. The number of Topliss-reactive ketones (excluding diaryl/α,β-unsaturated/α-hetero) is 1. The van der Waals surface area contributed by atoms with E-state index in [-0.39, 0.29) is 5.78 Å². The maximum Gasteiger partial charge on any atom is 0.202 e. The van der Waals surface area contributed by atoms with Crippen molar-refractivity contribution in [2.75, 3.05) is 0 Å². The van der Waals surface area contributed by atoms with Crippen LogP contribution in [0.1, 0.15) is 29.8 Å². The van der Waals surface area contributed by atoms with Crippen molar-refractivity contribution in [1.82, 2.24) is 0 Å². The molecule has 21 heavy (non-hydrogen) atoms. The number of allylic oxidation sites excluding steroid dienone is 1. The van der Waals surface area contributed by atoms with Gasteiger partial charge in [-0.1, -0.05) is 42.0 Å². The average Bonchev–Trinajstić information content (AvgIpc) is 2.49. The first-order valence-electron chi connectivity index (χ1n) is 6.80. The molecule has 0 saturated heterocycles. The molecule has 0 heterocycles. The van der Waals surface area contributed by atoms with Gasteiger partial charge in [-0.25, -0.2) is 0 Å². The molecule has 2 rings (SSSR count). The standard InChI is InChI=1S/C18H17ClO2/c1-3-6-14-7-4-5-8-17(14)21-13(2)18(20)15-9-11-16(19)12-10-15/h3-13H,1-2H3. The predicted molar refractivity (Wildman–Crippen MR) is 87.0 cm³/mol. The number of halogens is 1. The van der Waals surface area contributed by atoms with Crippen LogP contribution in [0.5, 0.6) is 5.75 Å². The van der Waals surface area contributed by atoms with E-state index in [1.807, 2.05) is 43.3 Å². The molecule has 0 bridgehead atoms. The number of hydrogen-bond donors (Lipinski definition) is 0. The van der Waals surface area contributed by atoms with Crippen LogP contribution in [0.25, 0.3) is 6.08 Å². The number of carbonyl (C=O) groups excluding carboxylic acids is 1. The molecule has 2 aromatic rings. The van der Waals surface area contributed by atoms with Crippen LogP contribution in [0.2, 0.25) is 5.02 Å². The molecule has 3 heteroatoms. The third-order valence-corrected chi connectivity index (χ3v) is 3.32. The highest BCUT2D eigenvalue weighted by molar-refractivity contribution is 6.30. The van der Waals surface area contributed by atoms with E-state index in [0.29, 0.717) is 16.3 Å². The second-order valence-corrected chi connectivity index (χ2v) is 5.11. The van der Waals surface area contributed by atoms with E-state index in [1.54, 1.807) is 31.2 Å². The van der Waals surface area contributed by atoms with Crippen LogP contribution < -0.4 is 4.74 Å². The molecule has 0 aliphatic rings. The Morgan fingerprint density at radius 3 is 2.48 bits per heavy atom. The third-order valence-electron chi connectivity index (χ3n) is 3.07. The molecule has 0 aliphatic heterocycles. The van der Waals surface area contributed by atoms with Crippen molar-refractivity contribution in [3.8, 4) is 5.75 Å². The lowest BCUT2D eigenvalue weighted by Crippen LogP contribution is -2.24. The summed E-state index contributed by atoms with van der Waals surface area (Å²) in [7, 11) is 0. The lowest BCUT2D eigenvalue weighted by atomic mass is 10.1. The monoisotopic (exact) mass is 300 g/mol. The predicted octanol–water partition coefficient (Wildman–Crippen LogP) is 5.02. The van der Waals surface area contributed by atoms with Gasteiger partial charge in [0.25, 0.3) is 0 Å². The van der Waals surface area contributed by atoms with Crippen molar-refractivity contribution in [2.45, 2.75) is 20.0 Å². The van der Waals surface area contributed by atoms with Crippen LogP contribution in [0.15, 0.2) is 54.6 Å². The summed E-state index contributed by atoms with van der Waals surface area (Å²) >= 11 is 5.83. The molecule has 0 saturated carbocycles. The van der Waals surface area contributed by atoms with Crippen LogP contribution in [-0.2, 0) is 0 Å². The van der Waals surface area contributed by atoms with Crippen LogP contribution in [0, 0.1) is 0 Å². The first kappa shape index (κ1) is 15.3. The Labute approximate surface area is 130 Å². The zero-order valence-electron chi connectivity index (χ0n) is 12.0. The van der Waals surface area contributed by atoms with Gasteiger partial charge < -0.3 is 4.74 Å². The molecule has 0 fully saturated rings. The van der Waals surface area contributed by atoms with Gasteiger partial charge in [-0.2, -0.15) is 0 Å². The molecule has 0 aromatic heterocycles. The minimum absolute atomic E-state index is 0.0676. The number of hydrogen-bond acceptors (Lipinski definition) is 2. The van der Waals surface area contributed by atoms with E-state index in [2.05, 4.69) is 0 Å². The molecule has 1 unspecified atom stereocenters. The molecule has 0 N–H and O–H groups in total. The molecule has 0 spiro atoms. The second-order valence-electron chi connectivity index (χ2n) is 4.67. The number of para-hydroxylation sites is 1. The van der Waals surface area contributed by atoms with Gasteiger partial charge in [0, 0.05) is 16.1 Å². The molecule has 1 atom stereocenters. The van der Waals surface area contributed by atoms with Gasteiger partial charge in [0.15, 0.2) is 6.10 Å². The number of ether oxygens (including phenoxy) is 1. The first-order valence-corrected chi connectivity index (χ1v) is 7.17. The summed E-state index contributed by atoms with van der Waals surface area (Å²) in [5.41, 5.74) is 1.55. The first-order chi connectivity index (χ1) is 10.1. The van der Waals surface area contributed by atoms with Crippen LogP contribution in [0.3, 0.4) is 0 Å². The molecule has 0 aliphatic carbocycles. The minimum Gasteiger partial charge on any atom is -0.482 e. The van der Waals surface area contributed by atoms with Gasteiger partial charge >= 0.3 is 0 Å². The molecule has 2 aromatic carbocycles. The lowest BCUT2D eigenvalue weighted by Gasteiger charge is -2.15. The van der Waals surface area contributed by atoms with Crippen molar-refractivity contribution in [1.29, 1.82) is 0 Å². The molecule has 2 nitrogen and oxygen atoms in total. The Morgan fingerprint density at radius 1 is 1.14 bits per heavy atom. The topological polar surface area (TPSA) is 26.3 Å².